The molecule has 0 saturated carbocycles. The first-order valence-corrected chi connectivity index (χ1v) is 10.8. The molecule has 0 aliphatic carbocycles. The number of aromatic nitrogens is 3. The predicted molar refractivity (Wildman–Crippen MR) is 123 cm³/mol. The van der Waals surface area contributed by atoms with Gasteiger partial charge >= 0.3 is 6.03 Å². The molecular formula is C23H27N7O4. The Bertz CT molecular complexity index is 1230. The van der Waals surface area contributed by atoms with Gasteiger partial charge in [0.15, 0.2) is 5.82 Å². The summed E-state index contributed by atoms with van der Waals surface area (Å²) in [6.45, 7) is 4.29. The van der Waals surface area contributed by atoms with Gasteiger partial charge < -0.3 is 20.4 Å². The van der Waals surface area contributed by atoms with Crippen molar-refractivity contribution < 1.29 is 18.8 Å². The molecule has 2 unspecified atom stereocenters. The quantitative estimate of drug-likeness (QED) is 0.528. The first kappa shape index (κ1) is 23.2. The largest absolute Gasteiger partial charge is 0.471 e. The highest BCUT2D eigenvalue weighted by Gasteiger charge is 2.51. The zero-order chi connectivity index (χ0) is 24.6. The highest BCUT2D eigenvalue weighted by Crippen LogP contribution is 2.39. The molecule has 2 aromatic heterocycles. The van der Waals surface area contributed by atoms with E-state index in [1.807, 2.05) is 24.3 Å². The summed E-state index contributed by atoms with van der Waals surface area (Å²) in [5.41, 5.74) is 8.62. The van der Waals surface area contributed by atoms with E-state index >= 15 is 0 Å². The van der Waals surface area contributed by atoms with Crippen LogP contribution in [-0.4, -0.2) is 56.5 Å². The lowest BCUT2D eigenvalue weighted by Crippen LogP contribution is -2.59. The lowest BCUT2D eigenvalue weighted by molar-refractivity contribution is -0.150. The molecule has 4 rings (SSSR count). The normalized spacial score (nSPS) is 17.4. The van der Waals surface area contributed by atoms with Crippen LogP contribution in [0.3, 0.4) is 0 Å². The molecule has 34 heavy (non-hydrogen) atoms. The molecule has 2 atom stereocenters. The number of aryl methyl sites for hydroxylation is 1. The molecule has 0 bridgehead atoms. The zero-order valence-corrected chi connectivity index (χ0v) is 19.5. The van der Waals surface area contributed by atoms with E-state index in [1.165, 1.54) is 17.4 Å². The number of anilines is 1. The van der Waals surface area contributed by atoms with Crippen molar-refractivity contribution >= 4 is 23.8 Å². The Morgan fingerprint density at radius 2 is 1.85 bits per heavy atom. The summed E-state index contributed by atoms with van der Waals surface area (Å²) in [7, 11) is 3.13. The van der Waals surface area contributed by atoms with Gasteiger partial charge in [-0.25, -0.2) is 4.79 Å². The second kappa shape index (κ2) is 9.10. The van der Waals surface area contributed by atoms with Crippen molar-refractivity contribution in [3.63, 3.8) is 0 Å². The average Bonchev–Trinajstić information content (AvgIpc) is 3.45. The summed E-state index contributed by atoms with van der Waals surface area (Å²) in [6, 6.07) is 6.59. The summed E-state index contributed by atoms with van der Waals surface area (Å²) in [5.74, 6) is -0.839. The minimum absolute atomic E-state index is 0.201. The third-order valence-corrected chi connectivity index (χ3v) is 5.84. The van der Waals surface area contributed by atoms with E-state index in [-0.39, 0.29) is 17.7 Å². The molecule has 1 saturated heterocycles. The van der Waals surface area contributed by atoms with Crippen LogP contribution in [-0.2, 0) is 17.9 Å². The van der Waals surface area contributed by atoms with Gasteiger partial charge in [-0.05, 0) is 18.1 Å². The van der Waals surface area contributed by atoms with Gasteiger partial charge in [-0.3, -0.25) is 14.5 Å². The number of amides is 3. The number of furan rings is 1. The van der Waals surface area contributed by atoms with E-state index in [0.29, 0.717) is 24.2 Å². The van der Waals surface area contributed by atoms with Crippen molar-refractivity contribution in [3.8, 4) is 0 Å². The molecule has 1 aliphatic heterocycles. The number of nitrogens with one attached hydrogen (secondary N) is 1. The highest BCUT2D eigenvalue weighted by molar-refractivity contribution is 6.01. The monoisotopic (exact) mass is 465 g/mol. The van der Waals surface area contributed by atoms with E-state index in [2.05, 4.69) is 15.4 Å². The second-order valence-corrected chi connectivity index (χ2v) is 8.47. The summed E-state index contributed by atoms with van der Waals surface area (Å²) in [6.07, 6.45) is 2.83. The van der Waals surface area contributed by atoms with Gasteiger partial charge in [0.2, 0.25) is 11.9 Å². The van der Waals surface area contributed by atoms with Crippen LogP contribution in [0.5, 0.6) is 0 Å². The SMILES string of the molecule is Cc1cocc1C(=O)n1nc(C2C(C)C(=O)N2C(=O)N(C)C)nc1NCc1ccc(CN)cc1. The fourth-order valence-electron chi connectivity index (χ4n) is 3.78. The van der Waals surface area contributed by atoms with Crippen LogP contribution in [0.15, 0.2) is 41.2 Å². The number of carbonyl (C=O) groups is 3. The van der Waals surface area contributed by atoms with Gasteiger partial charge in [-0.1, -0.05) is 31.2 Å². The summed E-state index contributed by atoms with van der Waals surface area (Å²) in [5, 5.41) is 7.57. The van der Waals surface area contributed by atoms with Crippen molar-refractivity contribution in [2.75, 3.05) is 19.4 Å². The minimum Gasteiger partial charge on any atom is -0.471 e. The van der Waals surface area contributed by atoms with Crippen molar-refractivity contribution in [2.24, 2.45) is 11.7 Å². The number of nitrogens with zero attached hydrogens (tertiary/aromatic N) is 5. The van der Waals surface area contributed by atoms with Gasteiger partial charge in [0.25, 0.3) is 5.91 Å². The average molecular weight is 466 g/mol. The molecule has 3 aromatic rings. The van der Waals surface area contributed by atoms with Crippen molar-refractivity contribution in [3.05, 3.63) is 64.9 Å². The number of likely N-dealkylation sites (tertiary alicyclic amines) is 1. The number of urea groups is 1. The van der Waals surface area contributed by atoms with E-state index in [1.54, 1.807) is 27.9 Å². The van der Waals surface area contributed by atoms with Crippen LogP contribution >= 0.6 is 0 Å². The van der Waals surface area contributed by atoms with E-state index in [0.717, 1.165) is 20.7 Å². The third kappa shape index (κ3) is 4.05. The topological polar surface area (TPSA) is 140 Å². The summed E-state index contributed by atoms with van der Waals surface area (Å²) < 4.78 is 6.30. The van der Waals surface area contributed by atoms with Crippen LogP contribution in [0, 0.1) is 12.8 Å². The molecule has 3 heterocycles. The Hall–Kier alpha value is -3.99. The predicted octanol–water partition coefficient (Wildman–Crippen LogP) is 2.14. The maximum Gasteiger partial charge on any atom is 0.326 e. The molecule has 1 aromatic carbocycles. The van der Waals surface area contributed by atoms with Crippen LogP contribution in [0.25, 0.3) is 0 Å². The number of rotatable bonds is 6. The van der Waals surface area contributed by atoms with Gasteiger partial charge in [-0.15, -0.1) is 5.10 Å². The number of β-lactam (4-membered cyclic amide) rings is 1. The zero-order valence-electron chi connectivity index (χ0n) is 19.5. The third-order valence-electron chi connectivity index (χ3n) is 5.84. The van der Waals surface area contributed by atoms with Crippen molar-refractivity contribution in [1.29, 1.82) is 0 Å². The first-order valence-electron chi connectivity index (χ1n) is 10.8. The van der Waals surface area contributed by atoms with Gasteiger partial charge in [-0.2, -0.15) is 9.67 Å². The Kier molecular flexibility index (Phi) is 6.20. The molecule has 0 spiro atoms. The standard InChI is InChI=1S/C23H27N7O4/c1-13-11-34-12-17(13)21(32)30-22(25-10-16-7-5-15(9-24)6-8-16)26-19(27-30)18-14(2)20(31)29(18)23(33)28(3)4/h5-8,11-12,14,18H,9-10,24H2,1-4H3,(H,25,26,27). The Balaban J connectivity index is 1.67. The van der Waals surface area contributed by atoms with Crippen molar-refractivity contribution in [2.45, 2.75) is 33.0 Å². The minimum atomic E-state index is -0.675. The fourth-order valence-corrected chi connectivity index (χ4v) is 3.78. The van der Waals surface area contributed by atoms with E-state index in [4.69, 9.17) is 10.2 Å². The Labute approximate surface area is 196 Å². The number of hydrogen-bond donors (Lipinski definition) is 2. The lowest BCUT2D eigenvalue weighted by Gasteiger charge is -2.43. The smallest absolute Gasteiger partial charge is 0.326 e. The Morgan fingerprint density at radius 3 is 2.44 bits per heavy atom. The maximum atomic E-state index is 13.2. The summed E-state index contributed by atoms with van der Waals surface area (Å²) >= 11 is 0. The number of imide groups is 1. The summed E-state index contributed by atoms with van der Waals surface area (Å²) in [4.78, 5) is 45.2. The number of nitrogens with two attached hydrogens (primary N) is 1. The Morgan fingerprint density at radius 1 is 1.18 bits per heavy atom. The first-order chi connectivity index (χ1) is 16.2. The number of carbonyl (C=O) groups excluding carboxylic acids is 3. The molecule has 1 aliphatic rings. The molecule has 178 valence electrons. The number of benzene rings is 1. The molecule has 11 nitrogen and oxygen atoms in total. The molecule has 1 fully saturated rings. The van der Waals surface area contributed by atoms with Gasteiger partial charge in [0, 0.05) is 32.7 Å². The van der Waals surface area contributed by atoms with Gasteiger partial charge in [0.05, 0.1) is 17.7 Å². The molecule has 0 radical (unpaired) electrons. The second-order valence-electron chi connectivity index (χ2n) is 8.47. The van der Waals surface area contributed by atoms with E-state index in [9.17, 15) is 14.4 Å². The molecule has 3 amide bonds. The molecule has 11 heteroatoms. The maximum absolute atomic E-state index is 13.2. The van der Waals surface area contributed by atoms with Crippen molar-refractivity contribution in [1.82, 2.24) is 24.6 Å². The highest BCUT2D eigenvalue weighted by atomic mass is 16.3. The van der Waals surface area contributed by atoms with E-state index < -0.39 is 23.9 Å². The van der Waals surface area contributed by atoms with Gasteiger partial charge in [0.1, 0.15) is 12.3 Å². The fraction of sp³-hybridized carbons (Fsp3) is 0.348. The van der Waals surface area contributed by atoms with Crippen LogP contribution < -0.4 is 11.1 Å². The van der Waals surface area contributed by atoms with Crippen LogP contribution in [0.1, 0.15) is 45.8 Å². The van der Waals surface area contributed by atoms with Crippen LogP contribution in [0.4, 0.5) is 10.7 Å². The lowest BCUT2D eigenvalue weighted by atomic mass is 9.89. The molecule has 3 N–H and O–H groups in total. The van der Waals surface area contributed by atoms with Crippen LogP contribution in [0.2, 0.25) is 0 Å². The molecular weight excluding hydrogens is 438 g/mol. The number of hydrogen-bond acceptors (Lipinski definition) is 8.